The Balaban J connectivity index is 2.22. The minimum Gasteiger partial charge on any atom is -0.399 e. The lowest BCUT2D eigenvalue weighted by atomic mass is 9.88. The van der Waals surface area contributed by atoms with E-state index in [4.69, 9.17) is 9.31 Å². The van der Waals surface area contributed by atoms with E-state index in [-0.39, 0.29) is 18.3 Å². The van der Waals surface area contributed by atoms with Gasteiger partial charge in [-0.3, -0.25) is 0 Å². The highest BCUT2D eigenvalue weighted by atomic mass is 32.1. The highest BCUT2D eigenvalue weighted by Crippen LogP contribution is 2.36. The normalized spacial score (nSPS) is 21.1. The van der Waals surface area contributed by atoms with E-state index in [1.807, 2.05) is 19.1 Å². The third-order valence-corrected chi connectivity index (χ3v) is 4.38. The lowest BCUT2D eigenvalue weighted by Crippen LogP contribution is -2.41. The Morgan fingerprint density at radius 1 is 1.12 bits per heavy atom. The molecule has 0 atom stereocenters. The van der Waals surface area contributed by atoms with Gasteiger partial charge in [0.25, 0.3) is 0 Å². The minimum absolute atomic E-state index is 0.266. The molecule has 1 aromatic rings. The molecule has 0 aromatic carbocycles. The van der Waals surface area contributed by atoms with Gasteiger partial charge >= 0.3 is 7.12 Å². The maximum Gasteiger partial charge on any atom is 0.505 e. The van der Waals surface area contributed by atoms with Crippen LogP contribution in [0.1, 0.15) is 39.5 Å². The summed E-state index contributed by atoms with van der Waals surface area (Å²) in [6.45, 7) is 10.1. The second-order valence-corrected chi connectivity index (χ2v) is 6.28. The Bertz CT molecular complexity index is 463. The second kappa shape index (κ2) is 4.17. The summed E-state index contributed by atoms with van der Waals surface area (Å²) in [6, 6.07) is 4.05. The molecule has 0 bridgehead atoms. The van der Waals surface area contributed by atoms with E-state index in [2.05, 4.69) is 39.5 Å². The summed E-state index contributed by atoms with van der Waals surface area (Å²) < 4.78 is 13.0. The third kappa shape index (κ3) is 2.28. The zero-order valence-electron chi connectivity index (χ0n) is 11.0. The summed E-state index contributed by atoms with van der Waals surface area (Å²) >= 11 is 1.63. The standard InChI is InChI=1S/C13H17BO2S/c1-6-7-10-8-9-11(17-10)14-15-12(2,3)13(4,5)16-14/h8-9H,1-5H3. The van der Waals surface area contributed by atoms with Crippen LogP contribution in [0.15, 0.2) is 12.1 Å². The molecule has 90 valence electrons. The van der Waals surface area contributed by atoms with Gasteiger partial charge in [0, 0.05) is 4.78 Å². The molecule has 2 heterocycles. The molecule has 0 spiro atoms. The fourth-order valence-corrected chi connectivity index (χ4v) is 2.50. The molecule has 1 saturated heterocycles. The molecule has 1 aromatic heterocycles. The van der Waals surface area contributed by atoms with Crippen LogP contribution in [0.3, 0.4) is 0 Å². The Hall–Kier alpha value is -0.755. The van der Waals surface area contributed by atoms with Crippen molar-refractivity contribution < 1.29 is 9.31 Å². The molecule has 4 heteroatoms. The van der Waals surface area contributed by atoms with Crippen LogP contribution in [0.5, 0.6) is 0 Å². The summed E-state index contributed by atoms with van der Waals surface area (Å²) in [5, 5.41) is 0. The first-order valence-electron chi connectivity index (χ1n) is 5.74. The van der Waals surface area contributed by atoms with E-state index in [1.54, 1.807) is 11.3 Å². The van der Waals surface area contributed by atoms with E-state index in [0.717, 1.165) is 9.65 Å². The number of hydrogen-bond acceptors (Lipinski definition) is 3. The van der Waals surface area contributed by atoms with E-state index in [0.29, 0.717) is 0 Å². The zero-order valence-corrected chi connectivity index (χ0v) is 11.8. The number of hydrogen-bond donors (Lipinski definition) is 0. The molecule has 0 N–H and O–H groups in total. The lowest BCUT2D eigenvalue weighted by Gasteiger charge is -2.32. The molecule has 0 amide bonds. The molecule has 2 rings (SSSR count). The maximum atomic E-state index is 5.98. The minimum atomic E-state index is -0.280. The second-order valence-electron chi connectivity index (χ2n) is 5.17. The molecule has 1 fully saturated rings. The molecule has 0 unspecified atom stereocenters. The van der Waals surface area contributed by atoms with E-state index < -0.39 is 0 Å². The Labute approximate surface area is 107 Å². The fourth-order valence-electron chi connectivity index (χ4n) is 1.63. The van der Waals surface area contributed by atoms with Crippen LogP contribution in [0, 0.1) is 11.8 Å². The van der Waals surface area contributed by atoms with Gasteiger partial charge in [0.2, 0.25) is 0 Å². The SMILES string of the molecule is CC#Cc1ccc(B2OC(C)(C)C(C)(C)O2)s1. The molecular formula is C13H17BO2S. The maximum absolute atomic E-state index is 5.98. The molecular weight excluding hydrogens is 231 g/mol. The Kier molecular flexibility index (Phi) is 3.11. The fraction of sp³-hybridized carbons (Fsp3) is 0.538. The van der Waals surface area contributed by atoms with Crippen molar-refractivity contribution in [1.82, 2.24) is 0 Å². The van der Waals surface area contributed by atoms with Gasteiger partial charge in [0.15, 0.2) is 0 Å². The highest BCUT2D eigenvalue weighted by molar-refractivity contribution is 7.22. The van der Waals surface area contributed by atoms with Gasteiger partial charge < -0.3 is 9.31 Å². The summed E-state index contributed by atoms with van der Waals surface area (Å²) in [4.78, 5) is 1.05. The Morgan fingerprint density at radius 3 is 2.24 bits per heavy atom. The van der Waals surface area contributed by atoms with E-state index >= 15 is 0 Å². The molecule has 0 saturated carbocycles. The van der Waals surface area contributed by atoms with E-state index in [9.17, 15) is 0 Å². The van der Waals surface area contributed by atoms with Crippen molar-refractivity contribution in [2.75, 3.05) is 0 Å². The van der Waals surface area contributed by atoms with Crippen LogP contribution >= 0.6 is 11.3 Å². The quantitative estimate of drug-likeness (QED) is 0.561. The average Bonchev–Trinajstić information content (AvgIpc) is 2.71. The number of thiophene rings is 1. The topological polar surface area (TPSA) is 18.5 Å². The lowest BCUT2D eigenvalue weighted by molar-refractivity contribution is 0.00578. The van der Waals surface area contributed by atoms with Gasteiger partial charge in [-0.25, -0.2) is 0 Å². The van der Waals surface area contributed by atoms with E-state index in [1.165, 1.54) is 0 Å². The molecule has 17 heavy (non-hydrogen) atoms. The summed E-state index contributed by atoms with van der Waals surface area (Å²) in [6.07, 6.45) is 0. The highest BCUT2D eigenvalue weighted by Gasteiger charge is 2.52. The van der Waals surface area contributed by atoms with Crippen LogP contribution in [0.4, 0.5) is 0 Å². The monoisotopic (exact) mass is 248 g/mol. The molecule has 1 aliphatic heterocycles. The van der Waals surface area contributed by atoms with Crippen molar-refractivity contribution in [2.24, 2.45) is 0 Å². The molecule has 0 aliphatic carbocycles. The third-order valence-electron chi connectivity index (χ3n) is 3.36. The molecule has 1 aliphatic rings. The zero-order chi connectivity index (χ0) is 12.7. The number of rotatable bonds is 1. The average molecular weight is 248 g/mol. The van der Waals surface area contributed by atoms with Gasteiger partial charge in [0.1, 0.15) is 0 Å². The first-order valence-corrected chi connectivity index (χ1v) is 6.55. The van der Waals surface area contributed by atoms with Crippen LogP contribution in [0.25, 0.3) is 0 Å². The van der Waals surface area contributed by atoms with Gasteiger partial charge in [0.05, 0.1) is 16.1 Å². The van der Waals surface area contributed by atoms with Gasteiger partial charge in [-0.05, 0) is 40.7 Å². The van der Waals surface area contributed by atoms with Crippen molar-refractivity contribution >= 4 is 23.2 Å². The van der Waals surface area contributed by atoms with Crippen LogP contribution in [-0.4, -0.2) is 18.3 Å². The summed E-state index contributed by atoms with van der Waals surface area (Å²) in [5.74, 6) is 5.95. The van der Waals surface area contributed by atoms with Gasteiger partial charge in [-0.1, -0.05) is 12.0 Å². The molecule has 2 nitrogen and oxygen atoms in total. The largest absolute Gasteiger partial charge is 0.505 e. The first-order chi connectivity index (χ1) is 7.86. The van der Waals surface area contributed by atoms with Crippen LogP contribution in [0.2, 0.25) is 0 Å². The van der Waals surface area contributed by atoms with Crippen molar-refractivity contribution in [2.45, 2.75) is 45.8 Å². The first kappa shape index (κ1) is 12.7. The molecule has 0 radical (unpaired) electrons. The van der Waals surface area contributed by atoms with Gasteiger partial charge in [-0.15, -0.1) is 17.3 Å². The van der Waals surface area contributed by atoms with Crippen molar-refractivity contribution in [3.05, 3.63) is 17.0 Å². The predicted molar refractivity (Wildman–Crippen MR) is 72.6 cm³/mol. The Morgan fingerprint density at radius 2 is 1.71 bits per heavy atom. The smallest absolute Gasteiger partial charge is 0.399 e. The summed E-state index contributed by atoms with van der Waals surface area (Å²) in [7, 11) is -0.266. The van der Waals surface area contributed by atoms with Crippen LogP contribution < -0.4 is 4.78 Å². The van der Waals surface area contributed by atoms with Gasteiger partial charge in [-0.2, -0.15) is 0 Å². The summed E-state index contributed by atoms with van der Waals surface area (Å²) in [5.41, 5.74) is -0.559. The van der Waals surface area contributed by atoms with Crippen molar-refractivity contribution in [3.8, 4) is 11.8 Å². The predicted octanol–water partition coefficient (Wildman–Crippen LogP) is 2.42. The van der Waals surface area contributed by atoms with Crippen LogP contribution in [-0.2, 0) is 9.31 Å². The van der Waals surface area contributed by atoms with Crippen molar-refractivity contribution in [1.29, 1.82) is 0 Å². The van der Waals surface area contributed by atoms with Crippen molar-refractivity contribution in [3.63, 3.8) is 0 Å².